The van der Waals surface area contributed by atoms with Gasteiger partial charge in [-0.2, -0.15) is 0 Å². The Morgan fingerprint density at radius 1 is 1.37 bits per heavy atom. The molecule has 0 aromatic carbocycles. The summed E-state index contributed by atoms with van der Waals surface area (Å²) in [6, 6.07) is 5.50. The Bertz CT molecular complexity index is 486. The predicted molar refractivity (Wildman–Crippen MR) is 77.2 cm³/mol. The third-order valence-electron chi connectivity index (χ3n) is 3.02. The highest BCUT2D eigenvalue weighted by molar-refractivity contribution is 7.89. The first kappa shape index (κ1) is 16.1. The van der Waals surface area contributed by atoms with Gasteiger partial charge in [-0.25, -0.2) is 12.7 Å². The maximum atomic E-state index is 12.2. The van der Waals surface area contributed by atoms with Crippen LogP contribution in [-0.4, -0.2) is 43.6 Å². The van der Waals surface area contributed by atoms with E-state index in [9.17, 15) is 8.42 Å². The number of hydrogen-bond acceptors (Lipinski definition) is 4. The van der Waals surface area contributed by atoms with Crippen LogP contribution in [0.4, 0.5) is 0 Å². The van der Waals surface area contributed by atoms with Crippen LogP contribution in [0.3, 0.4) is 0 Å². The summed E-state index contributed by atoms with van der Waals surface area (Å²) in [6.45, 7) is 4.79. The van der Waals surface area contributed by atoms with E-state index in [0.717, 1.165) is 5.69 Å². The molecule has 6 heteroatoms. The van der Waals surface area contributed by atoms with Crippen LogP contribution in [0.5, 0.6) is 0 Å². The molecule has 0 aliphatic heterocycles. The van der Waals surface area contributed by atoms with Crippen molar-refractivity contribution in [3.8, 4) is 0 Å². The summed E-state index contributed by atoms with van der Waals surface area (Å²) < 4.78 is 25.7. The first-order valence-corrected chi connectivity index (χ1v) is 7.92. The molecule has 1 aromatic heterocycles. The average Bonchev–Trinajstić information content (AvgIpc) is 2.37. The topological polar surface area (TPSA) is 76.3 Å². The minimum Gasteiger partial charge on any atom is -0.330 e. The fourth-order valence-corrected chi connectivity index (χ4v) is 3.03. The smallest absolute Gasteiger partial charge is 0.214 e. The lowest BCUT2D eigenvalue weighted by molar-refractivity contribution is 0.292. The Hall–Kier alpha value is -0.980. The molecule has 0 amide bonds. The molecular formula is C13H23N3O2S. The number of nitrogens with two attached hydrogens (primary N) is 1. The molecule has 0 saturated carbocycles. The molecule has 0 unspecified atom stereocenters. The maximum Gasteiger partial charge on any atom is 0.214 e. The summed E-state index contributed by atoms with van der Waals surface area (Å²) in [7, 11) is -1.66. The maximum absolute atomic E-state index is 12.2. The number of hydrogen-bond donors (Lipinski definition) is 1. The van der Waals surface area contributed by atoms with Crippen LogP contribution in [0, 0.1) is 5.41 Å². The number of pyridine rings is 1. The monoisotopic (exact) mass is 285 g/mol. The van der Waals surface area contributed by atoms with Crippen molar-refractivity contribution in [3.63, 3.8) is 0 Å². The SMILES string of the molecule is CN(CC(C)(C)CN)S(=O)(=O)CCc1ccccn1. The summed E-state index contributed by atoms with van der Waals surface area (Å²) in [5, 5.41) is 0. The van der Waals surface area contributed by atoms with Gasteiger partial charge in [0.25, 0.3) is 0 Å². The van der Waals surface area contributed by atoms with E-state index in [2.05, 4.69) is 4.98 Å². The van der Waals surface area contributed by atoms with Gasteiger partial charge in [0, 0.05) is 31.9 Å². The van der Waals surface area contributed by atoms with Gasteiger partial charge in [-0.05, 0) is 24.1 Å². The second-order valence-electron chi connectivity index (χ2n) is 5.51. The highest BCUT2D eigenvalue weighted by Gasteiger charge is 2.25. The van der Waals surface area contributed by atoms with Crippen LogP contribution >= 0.6 is 0 Å². The van der Waals surface area contributed by atoms with Gasteiger partial charge in [-0.3, -0.25) is 4.98 Å². The molecule has 0 bridgehead atoms. The lowest BCUT2D eigenvalue weighted by Gasteiger charge is -2.28. The van der Waals surface area contributed by atoms with Gasteiger partial charge in [0.1, 0.15) is 0 Å². The van der Waals surface area contributed by atoms with Crippen molar-refractivity contribution in [3.05, 3.63) is 30.1 Å². The Balaban J connectivity index is 2.61. The normalized spacial score (nSPS) is 12.9. The number of nitrogens with zero attached hydrogens (tertiary/aromatic N) is 2. The predicted octanol–water partition coefficient (Wildman–Crippen LogP) is 0.871. The van der Waals surface area contributed by atoms with Crippen molar-refractivity contribution < 1.29 is 8.42 Å². The Morgan fingerprint density at radius 3 is 2.58 bits per heavy atom. The third kappa shape index (κ3) is 5.26. The van der Waals surface area contributed by atoms with Gasteiger partial charge in [-0.1, -0.05) is 19.9 Å². The molecule has 2 N–H and O–H groups in total. The van der Waals surface area contributed by atoms with E-state index >= 15 is 0 Å². The highest BCUT2D eigenvalue weighted by Crippen LogP contribution is 2.16. The van der Waals surface area contributed by atoms with Crippen molar-refractivity contribution in [2.45, 2.75) is 20.3 Å². The molecule has 1 heterocycles. The zero-order chi connectivity index (χ0) is 14.5. The van der Waals surface area contributed by atoms with E-state index in [-0.39, 0.29) is 11.2 Å². The van der Waals surface area contributed by atoms with Crippen molar-refractivity contribution in [2.75, 3.05) is 25.9 Å². The number of aromatic nitrogens is 1. The van der Waals surface area contributed by atoms with Crippen LogP contribution in [-0.2, 0) is 16.4 Å². The first-order valence-electron chi connectivity index (χ1n) is 6.31. The van der Waals surface area contributed by atoms with Gasteiger partial charge in [0.05, 0.1) is 5.75 Å². The summed E-state index contributed by atoms with van der Waals surface area (Å²) in [6.07, 6.45) is 2.10. The summed E-state index contributed by atoms with van der Waals surface area (Å²) >= 11 is 0. The highest BCUT2D eigenvalue weighted by atomic mass is 32.2. The van der Waals surface area contributed by atoms with Crippen LogP contribution < -0.4 is 5.73 Å². The minimum absolute atomic E-state index is 0.0706. The van der Waals surface area contributed by atoms with E-state index < -0.39 is 10.0 Å². The van der Waals surface area contributed by atoms with Gasteiger partial charge in [0.15, 0.2) is 0 Å². The average molecular weight is 285 g/mol. The molecule has 0 fully saturated rings. The molecule has 0 saturated heterocycles. The van der Waals surface area contributed by atoms with Crippen molar-refractivity contribution in [1.29, 1.82) is 0 Å². The molecular weight excluding hydrogens is 262 g/mol. The molecule has 0 atom stereocenters. The van der Waals surface area contributed by atoms with Crippen molar-refractivity contribution in [1.82, 2.24) is 9.29 Å². The standard InChI is InChI=1S/C13H23N3O2S/c1-13(2,10-14)11-16(3)19(17,18)9-7-12-6-4-5-8-15-12/h4-6,8H,7,9-11,14H2,1-3H3. The summed E-state index contributed by atoms with van der Waals surface area (Å²) in [5.41, 5.74) is 6.21. The van der Waals surface area contributed by atoms with Gasteiger partial charge >= 0.3 is 0 Å². The fraction of sp³-hybridized carbons (Fsp3) is 0.615. The van der Waals surface area contributed by atoms with Crippen LogP contribution in [0.1, 0.15) is 19.5 Å². The lowest BCUT2D eigenvalue weighted by atomic mass is 9.94. The largest absolute Gasteiger partial charge is 0.330 e. The van der Waals surface area contributed by atoms with E-state index in [1.807, 2.05) is 32.0 Å². The number of rotatable bonds is 7. The van der Waals surface area contributed by atoms with Crippen LogP contribution in [0.15, 0.2) is 24.4 Å². The molecule has 0 aliphatic carbocycles. The second-order valence-corrected chi connectivity index (χ2v) is 7.71. The van der Waals surface area contributed by atoms with E-state index in [4.69, 9.17) is 5.73 Å². The molecule has 19 heavy (non-hydrogen) atoms. The second kappa shape index (κ2) is 6.45. The van der Waals surface area contributed by atoms with Gasteiger partial charge < -0.3 is 5.73 Å². The quantitative estimate of drug-likeness (QED) is 0.806. The van der Waals surface area contributed by atoms with E-state index in [1.165, 1.54) is 4.31 Å². The van der Waals surface area contributed by atoms with Gasteiger partial charge in [0.2, 0.25) is 10.0 Å². The minimum atomic E-state index is -3.26. The molecule has 1 rings (SSSR count). The van der Waals surface area contributed by atoms with E-state index in [1.54, 1.807) is 13.2 Å². The molecule has 0 spiro atoms. The third-order valence-corrected chi connectivity index (χ3v) is 4.82. The molecule has 5 nitrogen and oxygen atoms in total. The summed E-state index contributed by atoms with van der Waals surface area (Å²) in [4.78, 5) is 4.13. The number of sulfonamides is 1. The molecule has 0 aliphatic rings. The van der Waals surface area contributed by atoms with Gasteiger partial charge in [-0.15, -0.1) is 0 Å². The zero-order valence-corrected chi connectivity index (χ0v) is 12.7. The Kier molecular flexibility index (Phi) is 5.46. The van der Waals surface area contributed by atoms with E-state index in [0.29, 0.717) is 19.5 Å². The molecule has 0 radical (unpaired) electrons. The Morgan fingerprint density at radius 2 is 2.05 bits per heavy atom. The van der Waals surface area contributed by atoms with Crippen LogP contribution in [0.25, 0.3) is 0 Å². The summed E-state index contributed by atoms with van der Waals surface area (Å²) in [5.74, 6) is 0.0706. The molecule has 1 aromatic rings. The van der Waals surface area contributed by atoms with Crippen molar-refractivity contribution >= 4 is 10.0 Å². The Labute approximate surface area is 115 Å². The molecule has 108 valence electrons. The zero-order valence-electron chi connectivity index (χ0n) is 11.8. The fourth-order valence-electron chi connectivity index (χ4n) is 1.70. The number of aryl methyl sites for hydroxylation is 1. The van der Waals surface area contributed by atoms with Crippen LogP contribution in [0.2, 0.25) is 0 Å². The first-order chi connectivity index (χ1) is 8.77. The lowest BCUT2D eigenvalue weighted by Crippen LogP contribution is -2.40. The van der Waals surface area contributed by atoms with Crippen molar-refractivity contribution in [2.24, 2.45) is 11.1 Å².